The van der Waals surface area contributed by atoms with Crippen LogP contribution in [0.25, 0.3) is 10.2 Å². The molecule has 0 unspecified atom stereocenters. The van der Waals surface area contributed by atoms with Crippen LogP contribution in [-0.2, 0) is 23.0 Å². The molecule has 0 saturated heterocycles. The first-order valence-corrected chi connectivity index (χ1v) is 11.3. The van der Waals surface area contributed by atoms with Crippen molar-refractivity contribution in [3.63, 3.8) is 0 Å². The lowest BCUT2D eigenvalue weighted by molar-refractivity contribution is 0.598. The number of hydrogen-bond acceptors (Lipinski definition) is 4. The second kappa shape index (κ2) is 7.68. The molecule has 0 spiro atoms. The zero-order chi connectivity index (χ0) is 17.9. The standard InChI is InChI=1S/C18H20N2O2S3/c1-3-5-7-14-9-10-15-16(13-14)24-18(20(15)11-4-2)19-25(21,22)17-8-6-12-23-17/h4,6,8-10,12-13H,2-3,5,7,11H2,1H3/b19-18-. The molecule has 3 rings (SSSR count). The van der Waals surface area contributed by atoms with E-state index < -0.39 is 10.0 Å². The maximum absolute atomic E-state index is 12.5. The van der Waals surface area contributed by atoms with E-state index in [4.69, 9.17) is 0 Å². The third-order valence-electron chi connectivity index (χ3n) is 3.83. The highest BCUT2D eigenvalue weighted by molar-refractivity contribution is 7.92. The van der Waals surface area contributed by atoms with Gasteiger partial charge in [-0.3, -0.25) is 0 Å². The van der Waals surface area contributed by atoms with E-state index in [9.17, 15) is 8.42 Å². The van der Waals surface area contributed by atoms with Crippen LogP contribution in [0.15, 0.2) is 57.0 Å². The van der Waals surface area contributed by atoms with Crippen molar-refractivity contribution < 1.29 is 8.42 Å². The highest BCUT2D eigenvalue weighted by Gasteiger charge is 2.15. The summed E-state index contributed by atoms with van der Waals surface area (Å²) in [6, 6.07) is 9.61. The Morgan fingerprint density at radius 3 is 2.84 bits per heavy atom. The van der Waals surface area contributed by atoms with Crippen molar-refractivity contribution in [3.8, 4) is 0 Å². The van der Waals surface area contributed by atoms with E-state index in [0.29, 0.717) is 11.3 Å². The fourth-order valence-electron chi connectivity index (χ4n) is 2.59. The van der Waals surface area contributed by atoms with E-state index in [1.165, 1.54) is 28.2 Å². The van der Waals surface area contributed by atoms with Gasteiger partial charge in [-0.1, -0.05) is 42.9 Å². The van der Waals surface area contributed by atoms with Gasteiger partial charge in [0.25, 0.3) is 10.0 Å². The van der Waals surface area contributed by atoms with E-state index >= 15 is 0 Å². The van der Waals surface area contributed by atoms with Crippen molar-refractivity contribution in [2.75, 3.05) is 0 Å². The van der Waals surface area contributed by atoms with Crippen LogP contribution in [0.1, 0.15) is 25.3 Å². The van der Waals surface area contributed by atoms with Gasteiger partial charge in [0.05, 0.1) is 10.2 Å². The number of nitrogens with zero attached hydrogens (tertiary/aromatic N) is 2. The minimum Gasteiger partial charge on any atom is -0.312 e. The number of sulfonamides is 1. The molecule has 0 radical (unpaired) electrons. The van der Waals surface area contributed by atoms with Crippen LogP contribution in [0.3, 0.4) is 0 Å². The highest BCUT2D eigenvalue weighted by atomic mass is 32.2. The summed E-state index contributed by atoms with van der Waals surface area (Å²) in [6.45, 7) is 6.48. The van der Waals surface area contributed by atoms with Crippen LogP contribution in [0.4, 0.5) is 0 Å². The van der Waals surface area contributed by atoms with Crippen LogP contribution in [0.2, 0.25) is 0 Å². The maximum Gasteiger partial charge on any atom is 0.294 e. The average Bonchev–Trinajstić information content (AvgIpc) is 3.22. The summed E-state index contributed by atoms with van der Waals surface area (Å²) in [5, 5.41) is 1.74. The van der Waals surface area contributed by atoms with Gasteiger partial charge in [-0.25, -0.2) is 0 Å². The topological polar surface area (TPSA) is 51.4 Å². The van der Waals surface area contributed by atoms with Gasteiger partial charge in [0.15, 0.2) is 0 Å². The van der Waals surface area contributed by atoms with Gasteiger partial charge in [0.1, 0.15) is 4.21 Å². The number of rotatable bonds is 7. The van der Waals surface area contributed by atoms with E-state index in [-0.39, 0.29) is 4.21 Å². The van der Waals surface area contributed by atoms with Crippen molar-refractivity contribution in [2.45, 2.75) is 36.9 Å². The number of aryl methyl sites for hydroxylation is 1. The smallest absolute Gasteiger partial charge is 0.294 e. The number of fused-ring (bicyclic) bond motifs is 1. The van der Waals surface area contributed by atoms with Crippen molar-refractivity contribution in [3.05, 3.63) is 58.7 Å². The number of thiazole rings is 1. The van der Waals surface area contributed by atoms with E-state index in [0.717, 1.165) is 29.5 Å². The first-order chi connectivity index (χ1) is 12.0. The summed E-state index contributed by atoms with van der Waals surface area (Å²) in [5.74, 6) is 0. The number of unbranched alkanes of at least 4 members (excludes halogenated alkanes) is 1. The molecule has 2 aromatic heterocycles. The van der Waals surface area contributed by atoms with Gasteiger partial charge >= 0.3 is 0 Å². The van der Waals surface area contributed by atoms with Crippen LogP contribution < -0.4 is 4.80 Å². The fourth-order valence-corrected chi connectivity index (χ4v) is 5.86. The van der Waals surface area contributed by atoms with Crippen LogP contribution in [0.5, 0.6) is 0 Å². The number of allylic oxidation sites excluding steroid dienone is 1. The Morgan fingerprint density at radius 1 is 1.32 bits per heavy atom. The Balaban J connectivity index is 2.15. The van der Waals surface area contributed by atoms with Crippen LogP contribution in [-0.4, -0.2) is 13.0 Å². The van der Waals surface area contributed by atoms with E-state index in [1.54, 1.807) is 23.6 Å². The molecular formula is C18H20N2O2S3. The molecule has 0 aliphatic carbocycles. The van der Waals surface area contributed by atoms with E-state index in [2.05, 4.69) is 36.1 Å². The monoisotopic (exact) mass is 392 g/mol. The first-order valence-electron chi connectivity index (χ1n) is 8.13. The number of hydrogen-bond donors (Lipinski definition) is 0. The Labute approximate surface area is 155 Å². The molecule has 0 N–H and O–H groups in total. The molecule has 0 atom stereocenters. The predicted octanol–water partition coefficient (Wildman–Crippen LogP) is 4.58. The second-order valence-electron chi connectivity index (χ2n) is 5.69. The quantitative estimate of drug-likeness (QED) is 0.553. The Kier molecular flexibility index (Phi) is 5.56. The molecule has 25 heavy (non-hydrogen) atoms. The number of thiophene rings is 1. The van der Waals surface area contributed by atoms with Gasteiger partial charge < -0.3 is 4.57 Å². The molecule has 132 valence electrons. The van der Waals surface area contributed by atoms with Gasteiger partial charge in [-0.2, -0.15) is 8.42 Å². The Morgan fingerprint density at radius 2 is 2.16 bits per heavy atom. The van der Waals surface area contributed by atoms with Crippen LogP contribution in [0, 0.1) is 0 Å². The third-order valence-corrected chi connectivity index (χ3v) is 7.62. The summed E-state index contributed by atoms with van der Waals surface area (Å²) in [4.78, 5) is 0.482. The summed E-state index contributed by atoms with van der Waals surface area (Å²) in [6.07, 6.45) is 5.09. The fraction of sp³-hybridized carbons (Fsp3) is 0.278. The van der Waals surface area contributed by atoms with Crippen LogP contribution >= 0.6 is 22.7 Å². The molecule has 0 bridgehead atoms. The van der Waals surface area contributed by atoms with Crippen molar-refractivity contribution in [2.24, 2.45) is 4.40 Å². The van der Waals surface area contributed by atoms with Crippen molar-refractivity contribution in [1.29, 1.82) is 0 Å². The first kappa shape index (κ1) is 18.1. The molecule has 0 amide bonds. The number of benzene rings is 1. The van der Waals surface area contributed by atoms with Gasteiger partial charge in [0, 0.05) is 6.54 Å². The minimum atomic E-state index is -3.68. The Bertz CT molecular complexity index is 1040. The molecule has 0 saturated carbocycles. The summed E-state index contributed by atoms with van der Waals surface area (Å²) in [7, 11) is -3.68. The predicted molar refractivity (Wildman–Crippen MR) is 106 cm³/mol. The van der Waals surface area contributed by atoms with Gasteiger partial charge in [-0.15, -0.1) is 22.3 Å². The zero-order valence-corrected chi connectivity index (χ0v) is 16.5. The molecule has 0 fully saturated rings. The molecule has 2 heterocycles. The number of aromatic nitrogens is 1. The lowest BCUT2D eigenvalue weighted by Gasteiger charge is -2.03. The van der Waals surface area contributed by atoms with E-state index in [1.807, 2.05) is 4.57 Å². The third kappa shape index (κ3) is 3.94. The summed E-state index contributed by atoms with van der Waals surface area (Å²) in [5.41, 5.74) is 2.26. The maximum atomic E-state index is 12.5. The lowest BCUT2D eigenvalue weighted by Crippen LogP contribution is -2.16. The largest absolute Gasteiger partial charge is 0.312 e. The molecule has 4 nitrogen and oxygen atoms in total. The summed E-state index contributed by atoms with van der Waals surface area (Å²) < 4.78 is 32.3. The average molecular weight is 393 g/mol. The SMILES string of the molecule is C=CCn1/c(=N/S(=O)(=O)c2cccs2)sc2cc(CCCC)ccc21. The molecule has 7 heteroatoms. The molecular weight excluding hydrogens is 372 g/mol. The van der Waals surface area contributed by atoms with Crippen molar-refractivity contribution in [1.82, 2.24) is 4.57 Å². The molecule has 0 aliphatic rings. The molecule has 1 aromatic carbocycles. The Hall–Kier alpha value is -1.70. The molecule has 3 aromatic rings. The highest BCUT2D eigenvalue weighted by Crippen LogP contribution is 2.22. The molecule has 0 aliphatic heterocycles. The minimum absolute atomic E-state index is 0.263. The van der Waals surface area contributed by atoms with Gasteiger partial charge in [-0.05, 0) is 42.0 Å². The normalized spacial score (nSPS) is 12.8. The summed E-state index contributed by atoms with van der Waals surface area (Å²) >= 11 is 2.59. The van der Waals surface area contributed by atoms with Crippen molar-refractivity contribution >= 4 is 42.9 Å². The van der Waals surface area contributed by atoms with Gasteiger partial charge in [0.2, 0.25) is 4.80 Å². The zero-order valence-electron chi connectivity index (χ0n) is 14.0. The second-order valence-corrected chi connectivity index (χ2v) is 9.48. The lowest BCUT2D eigenvalue weighted by atomic mass is 10.1.